The van der Waals surface area contributed by atoms with Crippen LogP contribution in [-0.2, 0) is 17.9 Å². The van der Waals surface area contributed by atoms with Crippen molar-refractivity contribution in [3.8, 4) is 0 Å². The molecule has 2 aromatic heterocycles. The van der Waals surface area contributed by atoms with E-state index in [4.69, 9.17) is 4.42 Å². The number of rotatable bonds is 8. The summed E-state index contributed by atoms with van der Waals surface area (Å²) < 4.78 is 6.88. The SMILES string of the molecule is CN(CCCNC(=O)Cn1ncc2c(=O)oc3ccccc3c21)Cc1ccccc1. The molecule has 4 rings (SSSR count). The van der Waals surface area contributed by atoms with Crippen molar-refractivity contribution in [3.63, 3.8) is 0 Å². The van der Waals surface area contributed by atoms with Gasteiger partial charge in [-0.25, -0.2) is 4.79 Å². The Morgan fingerprint density at radius 2 is 1.87 bits per heavy atom. The lowest BCUT2D eigenvalue weighted by Gasteiger charge is -2.16. The lowest BCUT2D eigenvalue weighted by molar-refractivity contribution is -0.121. The molecule has 30 heavy (non-hydrogen) atoms. The first-order valence-electron chi connectivity index (χ1n) is 9.98. The number of nitrogens with one attached hydrogen (secondary N) is 1. The van der Waals surface area contributed by atoms with E-state index in [0.717, 1.165) is 24.9 Å². The quantitative estimate of drug-likeness (QED) is 0.361. The Morgan fingerprint density at radius 1 is 1.10 bits per heavy atom. The van der Waals surface area contributed by atoms with Crippen LogP contribution in [0.2, 0.25) is 0 Å². The molecule has 0 unspecified atom stereocenters. The highest BCUT2D eigenvalue weighted by molar-refractivity contribution is 6.02. The number of fused-ring (bicyclic) bond motifs is 3. The van der Waals surface area contributed by atoms with Crippen LogP contribution in [0.4, 0.5) is 0 Å². The summed E-state index contributed by atoms with van der Waals surface area (Å²) in [5.41, 5.74) is 1.93. The monoisotopic (exact) mass is 404 g/mol. The van der Waals surface area contributed by atoms with Crippen LogP contribution in [0.1, 0.15) is 12.0 Å². The molecule has 7 nitrogen and oxygen atoms in total. The van der Waals surface area contributed by atoms with Gasteiger partial charge < -0.3 is 14.6 Å². The molecule has 0 aliphatic carbocycles. The summed E-state index contributed by atoms with van der Waals surface area (Å²) >= 11 is 0. The highest BCUT2D eigenvalue weighted by Gasteiger charge is 2.14. The summed E-state index contributed by atoms with van der Waals surface area (Å²) in [4.78, 5) is 26.8. The summed E-state index contributed by atoms with van der Waals surface area (Å²) in [5, 5.41) is 8.32. The molecule has 4 aromatic rings. The van der Waals surface area contributed by atoms with E-state index in [1.54, 1.807) is 16.8 Å². The van der Waals surface area contributed by atoms with Gasteiger partial charge in [-0.15, -0.1) is 0 Å². The normalized spacial score (nSPS) is 11.4. The Hall–Kier alpha value is -3.45. The fraction of sp³-hybridized carbons (Fsp3) is 0.261. The van der Waals surface area contributed by atoms with Gasteiger partial charge in [0.2, 0.25) is 5.91 Å². The second-order valence-corrected chi connectivity index (χ2v) is 7.38. The van der Waals surface area contributed by atoms with Gasteiger partial charge >= 0.3 is 5.63 Å². The van der Waals surface area contributed by atoms with Crippen molar-refractivity contribution < 1.29 is 9.21 Å². The van der Waals surface area contributed by atoms with E-state index in [0.29, 0.717) is 23.0 Å². The largest absolute Gasteiger partial charge is 0.422 e. The predicted molar refractivity (Wildman–Crippen MR) is 116 cm³/mol. The van der Waals surface area contributed by atoms with Crippen LogP contribution in [0, 0.1) is 0 Å². The van der Waals surface area contributed by atoms with Gasteiger partial charge in [-0.1, -0.05) is 42.5 Å². The minimum absolute atomic E-state index is 0.0524. The second kappa shape index (κ2) is 8.92. The molecule has 0 aliphatic rings. The Kier molecular flexibility index (Phi) is 5.90. The molecule has 0 bridgehead atoms. The number of carbonyl (C=O) groups is 1. The lowest BCUT2D eigenvalue weighted by atomic mass is 10.2. The number of nitrogens with zero attached hydrogens (tertiary/aromatic N) is 3. The van der Waals surface area contributed by atoms with Crippen LogP contribution in [0.5, 0.6) is 0 Å². The fourth-order valence-corrected chi connectivity index (χ4v) is 3.59. The minimum Gasteiger partial charge on any atom is -0.422 e. The summed E-state index contributed by atoms with van der Waals surface area (Å²) in [6.45, 7) is 2.39. The van der Waals surface area contributed by atoms with E-state index in [1.807, 2.05) is 30.3 Å². The van der Waals surface area contributed by atoms with Crippen LogP contribution in [0.25, 0.3) is 21.9 Å². The second-order valence-electron chi connectivity index (χ2n) is 7.38. The molecule has 2 heterocycles. The van der Waals surface area contributed by atoms with E-state index in [2.05, 4.69) is 34.5 Å². The van der Waals surface area contributed by atoms with Gasteiger partial charge in [0, 0.05) is 18.5 Å². The van der Waals surface area contributed by atoms with Crippen molar-refractivity contribution in [1.29, 1.82) is 0 Å². The number of aromatic nitrogens is 2. The molecule has 0 aliphatic heterocycles. The smallest absolute Gasteiger partial charge is 0.347 e. The summed E-state index contributed by atoms with van der Waals surface area (Å²) in [6, 6.07) is 17.6. The molecule has 154 valence electrons. The molecule has 1 N–H and O–H groups in total. The fourth-order valence-electron chi connectivity index (χ4n) is 3.59. The average Bonchev–Trinajstić information content (AvgIpc) is 3.16. The van der Waals surface area contributed by atoms with Gasteiger partial charge in [0.1, 0.15) is 17.5 Å². The number of hydrogen-bond acceptors (Lipinski definition) is 5. The van der Waals surface area contributed by atoms with E-state index in [1.165, 1.54) is 11.8 Å². The third-order valence-corrected chi connectivity index (χ3v) is 5.03. The zero-order valence-corrected chi connectivity index (χ0v) is 16.9. The highest BCUT2D eigenvalue weighted by Crippen LogP contribution is 2.22. The lowest BCUT2D eigenvalue weighted by Crippen LogP contribution is -2.31. The number of para-hydroxylation sites is 1. The zero-order valence-electron chi connectivity index (χ0n) is 16.9. The molecule has 0 saturated carbocycles. The standard InChI is InChI=1S/C23H24N4O3/c1-26(15-17-8-3-2-4-9-17)13-7-12-24-21(28)16-27-22-18-10-5-6-11-20(18)30-23(29)19(22)14-25-27/h2-6,8-11,14H,7,12-13,15-16H2,1H3,(H,24,28). The Morgan fingerprint density at radius 3 is 2.70 bits per heavy atom. The molecule has 0 saturated heterocycles. The third kappa shape index (κ3) is 4.41. The molecule has 7 heteroatoms. The average molecular weight is 404 g/mol. The zero-order chi connectivity index (χ0) is 20.9. The third-order valence-electron chi connectivity index (χ3n) is 5.03. The number of benzene rings is 2. The molecule has 0 radical (unpaired) electrons. The van der Waals surface area contributed by atoms with Crippen LogP contribution in [0.15, 0.2) is 70.0 Å². The van der Waals surface area contributed by atoms with Gasteiger partial charge in [0.05, 0.1) is 11.7 Å². The topological polar surface area (TPSA) is 80.4 Å². The van der Waals surface area contributed by atoms with Gasteiger partial charge in [0.15, 0.2) is 0 Å². The van der Waals surface area contributed by atoms with E-state index >= 15 is 0 Å². The molecule has 0 fully saturated rings. The van der Waals surface area contributed by atoms with Crippen molar-refractivity contribution in [2.45, 2.75) is 19.5 Å². The van der Waals surface area contributed by atoms with Crippen LogP contribution >= 0.6 is 0 Å². The maximum Gasteiger partial charge on any atom is 0.347 e. The molecular weight excluding hydrogens is 380 g/mol. The summed E-state index contributed by atoms with van der Waals surface area (Å²) in [6.07, 6.45) is 2.31. The van der Waals surface area contributed by atoms with Gasteiger partial charge in [0.25, 0.3) is 0 Å². The van der Waals surface area contributed by atoms with Crippen LogP contribution in [0.3, 0.4) is 0 Å². The Balaban J connectivity index is 1.33. The summed E-state index contributed by atoms with van der Waals surface area (Å²) in [7, 11) is 2.07. The van der Waals surface area contributed by atoms with Crippen molar-refractivity contribution in [2.24, 2.45) is 0 Å². The molecule has 0 atom stereocenters. The van der Waals surface area contributed by atoms with Crippen LogP contribution in [-0.4, -0.2) is 40.7 Å². The van der Waals surface area contributed by atoms with Gasteiger partial charge in [-0.2, -0.15) is 5.10 Å². The Labute approximate surface area is 173 Å². The first-order valence-corrected chi connectivity index (χ1v) is 9.98. The molecule has 2 aromatic carbocycles. The van der Waals surface area contributed by atoms with Crippen molar-refractivity contribution >= 4 is 27.8 Å². The predicted octanol–water partition coefficient (Wildman–Crippen LogP) is 2.78. The van der Waals surface area contributed by atoms with Gasteiger partial charge in [-0.05, 0) is 37.7 Å². The number of amides is 1. The summed E-state index contributed by atoms with van der Waals surface area (Å²) in [5.74, 6) is -0.136. The Bertz CT molecular complexity index is 1210. The van der Waals surface area contributed by atoms with Crippen LogP contribution < -0.4 is 10.9 Å². The molecule has 1 amide bonds. The van der Waals surface area contributed by atoms with E-state index in [-0.39, 0.29) is 12.5 Å². The number of hydrogen-bond donors (Lipinski definition) is 1. The first-order chi connectivity index (χ1) is 14.6. The van der Waals surface area contributed by atoms with Crippen molar-refractivity contribution in [3.05, 3.63) is 76.8 Å². The van der Waals surface area contributed by atoms with E-state index < -0.39 is 5.63 Å². The first kappa shape index (κ1) is 19.8. The van der Waals surface area contributed by atoms with Gasteiger partial charge in [-0.3, -0.25) is 9.48 Å². The highest BCUT2D eigenvalue weighted by atomic mass is 16.4. The maximum atomic E-state index is 12.4. The van der Waals surface area contributed by atoms with Crippen molar-refractivity contribution in [2.75, 3.05) is 20.1 Å². The molecular formula is C23H24N4O3. The van der Waals surface area contributed by atoms with E-state index in [9.17, 15) is 9.59 Å². The minimum atomic E-state index is -0.447. The van der Waals surface area contributed by atoms with Crippen molar-refractivity contribution in [1.82, 2.24) is 20.0 Å². The maximum absolute atomic E-state index is 12.4. The molecule has 0 spiro atoms. The number of carbonyl (C=O) groups excluding carboxylic acids is 1.